The molecular weight excluding hydrogens is 412 g/mol. The standard InChI is InChI=1S/C24H28N2O4S/c1-24(2)17-30-22(19-6-4-3-5-7-19)16-26(24)23(27)15-10-18-8-13-21(14-9-18)31(28,29)25-20-11-12-20/h3-10,13-15,20,22,25H,11-12,16-17H2,1-2H3/b15-10+. The minimum atomic E-state index is -3.47. The van der Waals surface area contributed by atoms with Crippen molar-refractivity contribution in [3.05, 3.63) is 71.8 Å². The average Bonchev–Trinajstić information content (AvgIpc) is 3.56. The van der Waals surface area contributed by atoms with Crippen LogP contribution in [0.4, 0.5) is 0 Å². The number of benzene rings is 2. The highest BCUT2D eigenvalue weighted by Gasteiger charge is 2.37. The summed E-state index contributed by atoms with van der Waals surface area (Å²) in [7, 11) is -3.47. The summed E-state index contributed by atoms with van der Waals surface area (Å²) in [6, 6.07) is 16.5. The smallest absolute Gasteiger partial charge is 0.247 e. The third-order valence-corrected chi connectivity index (χ3v) is 7.20. The third kappa shape index (κ3) is 5.23. The van der Waals surface area contributed by atoms with Gasteiger partial charge in [-0.3, -0.25) is 4.79 Å². The number of hydrogen-bond acceptors (Lipinski definition) is 4. The van der Waals surface area contributed by atoms with Crippen molar-refractivity contribution >= 4 is 22.0 Å². The quantitative estimate of drug-likeness (QED) is 0.698. The monoisotopic (exact) mass is 440 g/mol. The van der Waals surface area contributed by atoms with Crippen molar-refractivity contribution in [3.8, 4) is 0 Å². The van der Waals surface area contributed by atoms with Crippen molar-refractivity contribution in [2.75, 3.05) is 13.2 Å². The van der Waals surface area contributed by atoms with Crippen LogP contribution in [0.5, 0.6) is 0 Å². The predicted octanol–water partition coefficient (Wildman–Crippen LogP) is 3.52. The maximum atomic E-state index is 13.0. The van der Waals surface area contributed by atoms with Crippen LogP contribution in [0.2, 0.25) is 0 Å². The van der Waals surface area contributed by atoms with Crippen molar-refractivity contribution in [2.24, 2.45) is 0 Å². The summed E-state index contributed by atoms with van der Waals surface area (Å²) in [5.41, 5.74) is 1.40. The number of ether oxygens (including phenoxy) is 1. The van der Waals surface area contributed by atoms with Gasteiger partial charge < -0.3 is 9.64 Å². The van der Waals surface area contributed by atoms with E-state index in [1.54, 1.807) is 36.4 Å². The molecule has 1 aliphatic carbocycles. The van der Waals surface area contributed by atoms with E-state index in [9.17, 15) is 13.2 Å². The largest absolute Gasteiger partial charge is 0.369 e. The Labute approximate surface area is 184 Å². The summed E-state index contributed by atoms with van der Waals surface area (Å²) in [5, 5.41) is 0. The van der Waals surface area contributed by atoms with Crippen LogP contribution in [-0.4, -0.2) is 44.0 Å². The Morgan fingerprint density at radius 1 is 1.10 bits per heavy atom. The molecule has 1 atom stereocenters. The van der Waals surface area contributed by atoms with E-state index in [-0.39, 0.29) is 22.9 Å². The second kappa shape index (κ2) is 8.57. The molecule has 0 spiro atoms. The average molecular weight is 441 g/mol. The van der Waals surface area contributed by atoms with Gasteiger partial charge in [0.2, 0.25) is 15.9 Å². The maximum Gasteiger partial charge on any atom is 0.247 e. The maximum absolute atomic E-state index is 13.0. The van der Waals surface area contributed by atoms with E-state index in [1.807, 2.05) is 49.1 Å². The SMILES string of the molecule is CC1(C)COC(c2ccccc2)CN1C(=O)/C=C/c1ccc(S(=O)(=O)NC2CC2)cc1. The number of nitrogens with zero attached hydrogens (tertiary/aromatic N) is 1. The highest BCUT2D eigenvalue weighted by atomic mass is 32.2. The number of morpholine rings is 1. The summed E-state index contributed by atoms with van der Waals surface area (Å²) in [5.74, 6) is -0.0960. The van der Waals surface area contributed by atoms with Gasteiger partial charge in [-0.05, 0) is 56.0 Å². The minimum absolute atomic E-state index is 0.0683. The summed E-state index contributed by atoms with van der Waals surface area (Å²) in [6.07, 6.45) is 4.89. The number of hydrogen-bond donors (Lipinski definition) is 1. The second-order valence-electron chi connectivity index (χ2n) is 8.77. The fraction of sp³-hybridized carbons (Fsp3) is 0.375. The van der Waals surface area contributed by atoms with Gasteiger partial charge in [-0.15, -0.1) is 0 Å². The van der Waals surface area contributed by atoms with E-state index in [0.717, 1.165) is 24.0 Å². The summed E-state index contributed by atoms with van der Waals surface area (Å²) < 4.78 is 33.3. The summed E-state index contributed by atoms with van der Waals surface area (Å²) in [4.78, 5) is 15.1. The lowest BCUT2D eigenvalue weighted by Crippen LogP contribution is -2.55. The molecule has 0 bridgehead atoms. The predicted molar refractivity (Wildman–Crippen MR) is 120 cm³/mol. The van der Waals surface area contributed by atoms with E-state index in [1.165, 1.54) is 0 Å². The van der Waals surface area contributed by atoms with Crippen LogP contribution in [-0.2, 0) is 19.6 Å². The number of carbonyl (C=O) groups excluding carboxylic acids is 1. The zero-order valence-corrected chi connectivity index (χ0v) is 18.6. The molecule has 2 aromatic carbocycles. The van der Waals surface area contributed by atoms with E-state index < -0.39 is 15.6 Å². The Hall–Kier alpha value is -2.48. The molecule has 1 unspecified atom stereocenters. The molecule has 1 heterocycles. The van der Waals surface area contributed by atoms with Crippen LogP contribution < -0.4 is 4.72 Å². The molecule has 1 saturated carbocycles. The second-order valence-corrected chi connectivity index (χ2v) is 10.5. The molecule has 1 aliphatic heterocycles. The molecule has 4 rings (SSSR count). The summed E-state index contributed by atoms with van der Waals surface area (Å²) >= 11 is 0. The number of sulfonamides is 1. The Morgan fingerprint density at radius 2 is 1.77 bits per heavy atom. The molecule has 0 aromatic heterocycles. The number of nitrogens with one attached hydrogen (secondary N) is 1. The Kier molecular flexibility index (Phi) is 6.01. The first-order chi connectivity index (χ1) is 14.7. The third-order valence-electron chi connectivity index (χ3n) is 5.66. The van der Waals surface area contributed by atoms with Crippen molar-refractivity contribution in [1.82, 2.24) is 9.62 Å². The molecule has 1 saturated heterocycles. The van der Waals surface area contributed by atoms with Gasteiger partial charge in [-0.2, -0.15) is 0 Å². The van der Waals surface area contributed by atoms with Crippen molar-refractivity contribution in [3.63, 3.8) is 0 Å². The van der Waals surface area contributed by atoms with Gasteiger partial charge in [-0.1, -0.05) is 42.5 Å². The topological polar surface area (TPSA) is 75.7 Å². The van der Waals surface area contributed by atoms with Gasteiger partial charge in [0.25, 0.3) is 0 Å². The molecule has 2 fully saturated rings. The molecule has 1 N–H and O–H groups in total. The van der Waals surface area contributed by atoms with Gasteiger partial charge in [0.05, 0.1) is 23.6 Å². The minimum Gasteiger partial charge on any atom is -0.369 e. The fourth-order valence-electron chi connectivity index (χ4n) is 3.61. The molecule has 164 valence electrons. The van der Waals surface area contributed by atoms with Crippen LogP contribution in [0.3, 0.4) is 0 Å². The fourth-order valence-corrected chi connectivity index (χ4v) is 4.91. The molecule has 6 nitrogen and oxygen atoms in total. The van der Waals surface area contributed by atoms with Crippen LogP contribution in [0.25, 0.3) is 6.08 Å². The van der Waals surface area contributed by atoms with Gasteiger partial charge in [0, 0.05) is 12.1 Å². The Balaban J connectivity index is 1.44. The van der Waals surface area contributed by atoms with Gasteiger partial charge in [0.15, 0.2) is 0 Å². The number of carbonyl (C=O) groups is 1. The lowest BCUT2D eigenvalue weighted by Gasteiger charge is -2.45. The molecule has 2 aliphatic rings. The lowest BCUT2D eigenvalue weighted by atomic mass is 9.98. The Bertz CT molecular complexity index is 1060. The molecule has 1 amide bonds. The molecule has 2 aromatic rings. The highest BCUT2D eigenvalue weighted by molar-refractivity contribution is 7.89. The van der Waals surface area contributed by atoms with Crippen molar-refractivity contribution in [1.29, 1.82) is 0 Å². The highest BCUT2D eigenvalue weighted by Crippen LogP contribution is 2.30. The van der Waals surface area contributed by atoms with E-state index in [0.29, 0.717) is 13.2 Å². The first-order valence-corrected chi connectivity index (χ1v) is 12.0. The first kappa shape index (κ1) is 21.7. The molecular formula is C24H28N2O4S. The van der Waals surface area contributed by atoms with Gasteiger partial charge in [-0.25, -0.2) is 13.1 Å². The molecule has 0 radical (unpaired) electrons. The first-order valence-electron chi connectivity index (χ1n) is 10.5. The van der Waals surface area contributed by atoms with Gasteiger partial charge in [0.1, 0.15) is 6.10 Å². The Morgan fingerprint density at radius 3 is 2.42 bits per heavy atom. The van der Waals surface area contributed by atoms with E-state index in [4.69, 9.17) is 4.74 Å². The van der Waals surface area contributed by atoms with Crippen LogP contribution in [0.15, 0.2) is 65.6 Å². The zero-order valence-electron chi connectivity index (χ0n) is 17.8. The summed E-state index contributed by atoms with van der Waals surface area (Å²) in [6.45, 7) is 4.91. The number of amides is 1. The van der Waals surface area contributed by atoms with Gasteiger partial charge >= 0.3 is 0 Å². The van der Waals surface area contributed by atoms with Crippen LogP contribution >= 0.6 is 0 Å². The zero-order chi connectivity index (χ0) is 22.1. The van der Waals surface area contributed by atoms with Crippen LogP contribution in [0, 0.1) is 0 Å². The van der Waals surface area contributed by atoms with Crippen molar-refractivity contribution in [2.45, 2.75) is 49.3 Å². The number of rotatable bonds is 6. The molecule has 7 heteroatoms. The molecule has 31 heavy (non-hydrogen) atoms. The normalized spacial score (nSPS) is 21.4. The van der Waals surface area contributed by atoms with E-state index in [2.05, 4.69) is 4.72 Å². The van der Waals surface area contributed by atoms with E-state index >= 15 is 0 Å². The van der Waals surface area contributed by atoms with Crippen LogP contribution in [0.1, 0.15) is 43.9 Å². The lowest BCUT2D eigenvalue weighted by molar-refractivity contribution is -0.149. The van der Waals surface area contributed by atoms with Crippen molar-refractivity contribution < 1.29 is 17.9 Å².